The SMILES string of the molecule is CC(OC(=O)[C@H](C)NC(=O)c1nccc(NC=O)c1O)C(Oc1ccc(F)cc1)c1ccc(F)cc1. The number of hydrogen-bond donors (Lipinski definition) is 3. The van der Waals surface area contributed by atoms with Crippen molar-refractivity contribution in [3.63, 3.8) is 0 Å². The van der Waals surface area contributed by atoms with Crippen LogP contribution in [0, 0.1) is 11.6 Å². The lowest BCUT2D eigenvalue weighted by Crippen LogP contribution is -2.42. The molecule has 1 aromatic heterocycles. The van der Waals surface area contributed by atoms with E-state index in [0.29, 0.717) is 17.7 Å². The summed E-state index contributed by atoms with van der Waals surface area (Å²) in [4.78, 5) is 39.7. The molecule has 2 amide bonds. The molecule has 0 radical (unpaired) electrons. The number of esters is 1. The second kappa shape index (κ2) is 11.7. The molecule has 3 N–H and O–H groups in total. The lowest BCUT2D eigenvalue weighted by Gasteiger charge is -2.27. The third kappa shape index (κ3) is 6.53. The van der Waals surface area contributed by atoms with Gasteiger partial charge in [-0.3, -0.25) is 9.59 Å². The Labute approximate surface area is 205 Å². The van der Waals surface area contributed by atoms with E-state index < -0.39 is 53.2 Å². The maximum absolute atomic E-state index is 13.4. The van der Waals surface area contributed by atoms with Gasteiger partial charge in [0, 0.05) is 6.20 Å². The summed E-state index contributed by atoms with van der Waals surface area (Å²) in [6.07, 6.45) is -0.284. The Morgan fingerprint density at radius 2 is 1.61 bits per heavy atom. The molecule has 0 aliphatic rings. The van der Waals surface area contributed by atoms with Crippen LogP contribution in [0.15, 0.2) is 60.8 Å². The zero-order valence-electron chi connectivity index (χ0n) is 19.3. The van der Waals surface area contributed by atoms with E-state index >= 15 is 0 Å². The summed E-state index contributed by atoms with van der Waals surface area (Å²) < 4.78 is 38.1. The Morgan fingerprint density at radius 3 is 2.22 bits per heavy atom. The molecule has 188 valence electrons. The monoisotopic (exact) mass is 499 g/mol. The number of ether oxygens (including phenoxy) is 2. The van der Waals surface area contributed by atoms with Crippen molar-refractivity contribution in [2.45, 2.75) is 32.1 Å². The summed E-state index contributed by atoms with van der Waals surface area (Å²) in [7, 11) is 0. The Hall–Kier alpha value is -4.54. The smallest absolute Gasteiger partial charge is 0.328 e. The highest BCUT2D eigenvalue weighted by molar-refractivity contribution is 5.99. The van der Waals surface area contributed by atoms with Crippen molar-refractivity contribution >= 4 is 24.0 Å². The molecule has 3 rings (SSSR count). The largest absolute Gasteiger partial charge is 0.504 e. The molecule has 0 saturated heterocycles. The second-order valence-electron chi connectivity index (χ2n) is 7.70. The zero-order chi connectivity index (χ0) is 26.2. The van der Waals surface area contributed by atoms with Gasteiger partial charge in [-0.05, 0) is 61.9 Å². The van der Waals surface area contributed by atoms with E-state index in [0.717, 1.165) is 0 Å². The van der Waals surface area contributed by atoms with Gasteiger partial charge in [-0.1, -0.05) is 12.1 Å². The number of aromatic hydroxyl groups is 1. The topological polar surface area (TPSA) is 127 Å². The first-order valence-corrected chi connectivity index (χ1v) is 10.8. The summed E-state index contributed by atoms with van der Waals surface area (Å²) in [6.45, 7) is 2.91. The molecule has 2 unspecified atom stereocenters. The van der Waals surface area contributed by atoms with Gasteiger partial charge in [-0.15, -0.1) is 0 Å². The van der Waals surface area contributed by atoms with Crippen molar-refractivity contribution in [2.24, 2.45) is 0 Å². The van der Waals surface area contributed by atoms with E-state index in [9.17, 15) is 28.3 Å². The van der Waals surface area contributed by atoms with E-state index in [2.05, 4.69) is 15.6 Å². The van der Waals surface area contributed by atoms with Crippen molar-refractivity contribution < 1.29 is 37.7 Å². The quantitative estimate of drug-likeness (QED) is 0.288. The molecule has 3 atom stereocenters. The van der Waals surface area contributed by atoms with Gasteiger partial charge in [0.15, 0.2) is 17.5 Å². The first-order chi connectivity index (χ1) is 17.2. The second-order valence-corrected chi connectivity index (χ2v) is 7.70. The molecule has 0 aliphatic carbocycles. The minimum atomic E-state index is -1.16. The van der Waals surface area contributed by atoms with Crippen LogP contribution in [-0.2, 0) is 14.3 Å². The Kier molecular flexibility index (Phi) is 8.50. The van der Waals surface area contributed by atoms with Gasteiger partial charge in [0.2, 0.25) is 6.41 Å². The summed E-state index contributed by atoms with van der Waals surface area (Å²) in [5, 5.41) is 14.7. The van der Waals surface area contributed by atoms with Gasteiger partial charge >= 0.3 is 5.97 Å². The number of anilines is 1. The number of rotatable bonds is 10. The minimum absolute atomic E-state index is 0.0333. The van der Waals surface area contributed by atoms with Crippen LogP contribution < -0.4 is 15.4 Å². The van der Waals surface area contributed by atoms with E-state index in [-0.39, 0.29) is 5.69 Å². The molecule has 9 nitrogen and oxygen atoms in total. The van der Waals surface area contributed by atoms with Gasteiger partial charge < -0.3 is 25.2 Å². The number of nitrogens with zero attached hydrogens (tertiary/aromatic N) is 1. The van der Waals surface area contributed by atoms with Crippen LogP contribution in [0.2, 0.25) is 0 Å². The average molecular weight is 499 g/mol. The van der Waals surface area contributed by atoms with Gasteiger partial charge in [0.25, 0.3) is 5.91 Å². The number of carbonyl (C=O) groups excluding carboxylic acids is 3. The highest BCUT2D eigenvalue weighted by Gasteiger charge is 2.29. The molecule has 3 aromatic rings. The van der Waals surface area contributed by atoms with Crippen LogP contribution >= 0.6 is 0 Å². The standard InChI is InChI=1S/C25H23F2N3O6/c1-14(30-24(33)21-22(32)20(29-13-31)11-12-28-21)25(34)35-15(2)23(16-3-5-17(26)6-4-16)36-19-9-7-18(27)8-10-19/h3-15,23,32H,1-2H3,(H,30,33)(H,28,29,31)/t14-,15?,23?/m0/s1. The first-order valence-electron chi connectivity index (χ1n) is 10.8. The number of pyridine rings is 1. The van der Waals surface area contributed by atoms with Crippen molar-refractivity contribution in [1.82, 2.24) is 10.3 Å². The van der Waals surface area contributed by atoms with E-state index in [4.69, 9.17) is 9.47 Å². The molecular formula is C25H23F2N3O6. The molecular weight excluding hydrogens is 476 g/mol. The predicted molar refractivity (Wildman–Crippen MR) is 124 cm³/mol. The third-order valence-corrected chi connectivity index (χ3v) is 5.06. The van der Waals surface area contributed by atoms with Crippen LogP contribution in [0.3, 0.4) is 0 Å². The molecule has 36 heavy (non-hydrogen) atoms. The van der Waals surface area contributed by atoms with E-state index in [1.807, 2.05) is 0 Å². The fourth-order valence-corrected chi connectivity index (χ4v) is 3.22. The third-order valence-electron chi connectivity index (χ3n) is 5.06. The van der Waals surface area contributed by atoms with Crippen LogP contribution in [0.25, 0.3) is 0 Å². The Balaban J connectivity index is 1.72. The number of hydrogen-bond acceptors (Lipinski definition) is 7. The first kappa shape index (κ1) is 26.1. The fourth-order valence-electron chi connectivity index (χ4n) is 3.22. The average Bonchev–Trinajstić information content (AvgIpc) is 2.85. The molecule has 11 heteroatoms. The number of aromatic nitrogens is 1. The van der Waals surface area contributed by atoms with Crippen LogP contribution in [0.5, 0.6) is 11.5 Å². The number of carbonyl (C=O) groups is 3. The van der Waals surface area contributed by atoms with Crippen molar-refractivity contribution in [1.29, 1.82) is 0 Å². The lowest BCUT2D eigenvalue weighted by molar-refractivity contribution is -0.154. The molecule has 0 bridgehead atoms. The van der Waals surface area contributed by atoms with Crippen LogP contribution in [-0.4, -0.2) is 40.5 Å². The fraction of sp³-hybridized carbons (Fsp3) is 0.200. The molecule has 0 fully saturated rings. The number of nitrogens with one attached hydrogen (secondary N) is 2. The van der Waals surface area contributed by atoms with E-state index in [1.54, 1.807) is 6.92 Å². The summed E-state index contributed by atoms with van der Waals surface area (Å²) in [5.41, 5.74) is 0.0544. The maximum Gasteiger partial charge on any atom is 0.328 e. The lowest BCUT2D eigenvalue weighted by atomic mass is 10.0. The molecule has 0 spiro atoms. The van der Waals surface area contributed by atoms with Crippen molar-refractivity contribution in [3.8, 4) is 11.5 Å². The number of amides is 2. The Morgan fingerprint density at radius 1 is 1.00 bits per heavy atom. The normalized spacial score (nSPS) is 13.1. The number of benzene rings is 2. The van der Waals surface area contributed by atoms with Crippen molar-refractivity contribution in [3.05, 3.63) is 83.7 Å². The van der Waals surface area contributed by atoms with Crippen LogP contribution in [0.4, 0.5) is 14.5 Å². The zero-order valence-corrected chi connectivity index (χ0v) is 19.3. The Bertz CT molecular complexity index is 1220. The van der Waals surface area contributed by atoms with Crippen molar-refractivity contribution in [2.75, 3.05) is 5.32 Å². The van der Waals surface area contributed by atoms with Gasteiger partial charge in [0.05, 0.1) is 5.69 Å². The predicted octanol–water partition coefficient (Wildman–Crippen LogP) is 3.50. The van der Waals surface area contributed by atoms with Gasteiger partial charge in [-0.2, -0.15) is 0 Å². The maximum atomic E-state index is 13.4. The summed E-state index contributed by atoms with van der Waals surface area (Å²) in [5.74, 6) is -2.91. The van der Waals surface area contributed by atoms with Crippen LogP contribution in [0.1, 0.15) is 36.0 Å². The van der Waals surface area contributed by atoms with E-state index in [1.165, 1.54) is 67.7 Å². The summed E-state index contributed by atoms with van der Waals surface area (Å²) >= 11 is 0. The summed E-state index contributed by atoms with van der Waals surface area (Å²) in [6, 6.07) is 10.7. The number of halogens is 2. The highest BCUT2D eigenvalue weighted by atomic mass is 19.1. The molecule has 0 aliphatic heterocycles. The minimum Gasteiger partial charge on any atom is -0.504 e. The molecule has 0 saturated carbocycles. The molecule has 1 heterocycles. The van der Waals surface area contributed by atoms with Gasteiger partial charge in [0.1, 0.15) is 29.5 Å². The molecule has 2 aromatic carbocycles. The van der Waals surface area contributed by atoms with Gasteiger partial charge in [-0.25, -0.2) is 18.6 Å². The highest BCUT2D eigenvalue weighted by Crippen LogP contribution is 2.28.